The van der Waals surface area contributed by atoms with Crippen molar-refractivity contribution < 1.29 is 9.90 Å². The number of anilines is 1. The number of para-hydroxylation sites is 1. The number of benzene rings is 1. The van der Waals surface area contributed by atoms with E-state index in [-0.39, 0.29) is 0 Å². The molecule has 1 aliphatic heterocycles. The number of carboxylic acids is 1. The minimum atomic E-state index is -0.911. The van der Waals surface area contributed by atoms with E-state index in [0.717, 1.165) is 12.1 Å². The standard InChI is InChI=1S/C16H18N2O2S/c19-16(20)13-9-15(17-10-11-5-7-21-8-6-11)18-14-4-2-1-3-12(13)14/h1-4,9,11H,5-8,10H2,(H,17,18)(H,19,20). The number of carbonyl (C=O) groups is 1. The third kappa shape index (κ3) is 3.29. The first kappa shape index (κ1) is 14.2. The van der Waals surface area contributed by atoms with Gasteiger partial charge in [0.1, 0.15) is 5.82 Å². The summed E-state index contributed by atoms with van der Waals surface area (Å²) in [6.45, 7) is 0.866. The third-order valence-corrected chi connectivity index (χ3v) is 4.91. The molecule has 2 N–H and O–H groups in total. The SMILES string of the molecule is O=C(O)c1cc(NCC2CCSCC2)nc2ccccc12. The highest BCUT2D eigenvalue weighted by atomic mass is 32.2. The smallest absolute Gasteiger partial charge is 0.336 e. The molecule has 0 spiro atoms. The number of pyridine rings is 1. The Hall–Kier alpha value is -1.75. The van der Waals surface area contributed by atoms with E-state index < -0.39 is 5.97 Å². The molecule has 0 radical (unpaired) electrons. The summed E-state index contributed by atoms with van der Waals surface area (Å²) in [5.41, 5.74) is 1.03. The van der Waals surface area contributed by atoms with Crippen molar-refractivity contribution in [3.8, 4) is 0 Å². The number of fused-ring (bicyclic) bond motifs is 1. The fourth-order valence-corrected chi connectivity index (χ4v) is 3.85. The van der Waals surface area contributed by atoms with Crippen molar-refractivity contribution in [3.63, 3.8) is 0 Å². The van der Waals surface area contributed by atoms with E-state index in [1.54, 1.807) is 12.1 Å². The topological polar surface area (TPSA) is 62.2 Å². The fourth-order valence-electron chi connectivity index (χ4n) is 2.64. The predicted molar refractivity (Wildman–Crippen MR) is 87.2 cm³/mol. The van der Waals surface area contributed by atoms with Crippen LogP contribution in [0.25, 0.3) is 10.9 Å². The lowest BCUT2D eigenvalue weighted by Gasteiger charge is -2.22. The van der Waals surface area contributed by atoms with Crippen molar-refractivity contribution in [1.82, 2.24) is 4.98 Å². The van der Waals surface area contributed by atoms with Crippen molar-refractivity contribution in [1.29, 1.82) is 0 Å². The molecule has 1 aromatic carbocycles. The molecule has 4 nitrogen and oxygen atoms in total. The van der Waals surface area contributed by atoms with Gasteiger partial charge in [0.05, 0.1) is 11.1 Å². The summed E-state index contributed by atoms with van der Waals surface area (Å²) in [5, 5.41) is 13.4. The molecule has 0 amide bonds. The summed E-state index contributed by atoms with van der Waals surface area (Å²) in [6.07, 6.45) is 2.44. The van der Waals surface area contributed by atoms with Gasteiger partial charge in [-0.3, -0.25) is 0 Å². The quantitative estimate of drug-likeness (QED) is 0.905. The van der Waals surface area contributed by atoms with Crippen molar-refractivity contribution in [3.05, 3.63) is 35.9 Å². The molecule has 5 heteroatoms. The molecule has 0 unspecified atom stereocenters. The van der Waals surface area contributed by atoms with Gasteiger partial charge >= 0.3 is 5.97 Å². The average molecular weight is 302 g/mol. The number of aromatic nitrogens is 1. The summed E-state index contributed by atoms with van der Waals surface area (Å²) in [4.78, 5) is 15.9. The van der Waals surface area contributed by atoms with E-state index in [2.05, 4.69) is 10.3 Å². The minimum Gasteiger partial charge on any atom is -0.478 e. The van der Waals surface area contributed by atoms with Gasteiger partial charge in [0.25, 0.3) is 0 Å². The van der Waals surface area contributed by atoms with Gasteiger partial charge in [0.15, 0.2) is 0 Å². The average Bonchev–Trinajstić information content (AvgIpc) is 2.53. The second-order valence-electron chi connectivity index (χ2n) is 5.31. The van der Waals surface area contributed by atoms with Crippen LogP contribution in [0.5, 0.6) is 0 Å². The van der Waals surface area contributed by atoms with Crippen LogP contribution in [0.4, 0.5) is 5.82 Å². The lowest BCUT2D eigenvalue weighted by Crippen LogP contribution is -2.19. The Balaban J connectivity index is 1.83. The Morgan fingerprint density at radius 2 is 2.10 bits per heavy atom. The summed E-state index contributed by atoms with van der Waals surface area (Å²) < 4.78 is 0. The van der Waals surface area contributed by atoms with E-state index in [1.165, 1.54) is 24.3 Å². The van der Waals surface area contributed by atoms with Crippen LogP contribution in [0.3, 0.4) is 0 Å². The number of nitrogens with zero attached hydrogens (tertiary/aromatic N) is 1. The first-order valence-electron chi connectivity index (χ1n) is 7.19. The molecule has 1 fully saturated rings. The van der Waals surface area contributed by atoms with Crippen LogP contribution < -0.4 is 5.32 Å². The molecule has 1 aliphatic rings. The Morgan fingerprint density at radius 1 is 1.33 bits per heavy atom. The van der Waals surface area contributed by atoms with Crippen LogP contribution in [0.2, 0.25) is 0 Å². The van der Waals surface area contributed by atoms with Gasteiger partial charge < -0.3 is 10.4 Å². The maximum Gasteiger partial charge on any atom is 0.336 e. The Morgan fingerprint density at radius 3 is 2.86 bits per heavy atom. The minimum absolute atomic E-state index is 0.308. The lowest BCUT2D eigenvalue weighted by atomic mass is 10.0. The zero-order valence-electron chi connectivity index (χ0n) is 11.7. The van der Waals surface area contributed by atoms with Crippen LogP contribution in [0.15, 0.2) is 30.3 Å². The molecule has 1 saturated heterocycles. The van der Waals surface area contributed by atoms with Gasteiger partial charge in [-0.2, -0.15) is 11.8 Å². The van der Waals surface area contributed by atoms with Crippen molar-refractivity contribution in [2.24, 2.45) is 5.92 Å². The second-order valence-corrected chi connectivity index (χ2v) is 6.54. The first-order valence-corrected chi connectivity index (χ1v) is 8.34. The van der Waals surface area contributed by atoms with Crippen molar-refractivity contribution in [2.75, 3.05) is 23.4 Å². The number of hydrogen-bond donors (Lipinski definition) is 2. The van der Waals surface area contributed by atoms with E-state index in [1.807, 2.05) is 30.0 Å². The molecule has 0 aliphatic carbocycles. The van der Waals surface area contributed by atoms with Crippen LogP contribution in [-0.2, 0) is 0 Å². The molecule has 3 rings (SSSR count). The first-order chi connectivity index (χ1) is 10.2. The second kappa shape index (κ2) is 6.35. The molecule has 0 bridgehead atoms. The fraction of sp³-hybridized carbons (Fsp3) is 0.375. The van der Waals surface area contributed by atoms with Gasteiger partial charge in [-0.15, -0.1) is 0 Å². The molecule has 0 saturated carbocycles. The van der Waals surface area contributed by atoms with Crippen LogP contribution in [0.1, 0.15) is 23.2 Å². The Bertz CT molecular complexity index is 654. The van der Waals surface area contributed by atoms with Gasteiger partial charge in [0.2, 0.25) is 0 Å². The molecule has 2 heterocycles. The van der Waals surface area contributed by atoms with Crippen molar-refractivity contribution in [2.45, 2.75) is 12.8 Å². The molecule has 21 heavy (non-hydrogen) atoms. The molecule has 2 aromatic rings. The zero-order valence-corrected chi connectivity index (χ0v) is 12.5. The number of hydrogen-bond acceptors (Lipinski definition) is 4. The zero-order chi connectivity index (χ0) is 14.7. The highest BCUT2D eigenvalue weighted by Crippen LogP contribution is 2.24. The van der Waals surface area contributed by atoms with Gasteiger partial charge in [-0.25, -0.2) is 9.78 Å². The number of rotatable bonds is 4. The van der Waals surface area contributed by atoms with E-state index in [0.29, 0.717) is 22.7 Å². The lowest BCUT2D eigenvalue weighted by molar-refractivity contribution is 0.0699. The molecule has 110 valence electrons. The van der Waals surface area contributed by atoms with Crippen LogP contribution in [0, 0.1) is 5.92 Å². The summed E-state index contributed by atoms with van der Waals surface area (Å²) in [5.74, 6) is 2.85. The third-order valence-electron chi connectivity index (χ3n) is 3.86. The maximum atomic E-state index is 11.4. The van der Waals surface area contributed by atoms with Crippen LogP contribution >= 0.6 is 11.8 Å². The van der Waals surface area contributed by atoms with Crippen LogP contribution in [-0.4, -0.2) is 34.1 Å². The highest BCUT2D eigenvalue weighted by molar-refractivity contribution is 7.99. The van der Waals surface area contributed by atoms with E-state index >= 15 is 0 Å². The Kier molecular flexibility index (Phi) is 4.29. The maximum absolute atomic E-state index is 11.4. The van der Waals surface area contributed by atoms with Gasteiger partial charge in [-0.05, 0) is 42.4 Å². The summed E-state index contributed by atoms with van der Waals surface area (Å²) in [7, 11) is 0. The summed E-state index contributed by atoms with van der Waals surface area (Å²) in [6, 6.07) is 9.01. The van der Waals surface area contributed by atoms with Crippen molar-refractivity contribution >= 4 is 34.5 Å². The molecule has 1 aromatic heterocycles. The number of carboxylic acid groups (broad SMARTS) is 1. The monoisotopic (exact) mass is 302 g/mol. The van der Waals surface area contributed by atoms with E-state index in [9.17, 15) is 9.90 Å². The van der Waals surface area contributed by atoms with Gasteiger partial charge in [-0.1, -0.05) is 18.2 Å². The molecular formula is C16H18N2O2S. The van der Waals surface area contributed by atoms with Gasteiger partial charge in [0, 0.05) is 11.9 Å². The molecular weight excluding hydrogens is 284 g/mol. The number of nitrogens with one attached hydrogen (secondary N) is 1. The Labute approximate surface area is 128 Å². The highest BCUT2D eigenvalue weighted by Gasteiger charge is 2.15. The number of aromatic carboxylic acids is 1. The summed E-state index contributed by atoms with van der Waals surface area (Å²) >= 11 is 2.01. The normalized spacial score (nSPS) is 16.0. The largest absolute Gasteiger partial charge is 0.478 e. The number of thioether (sulfide) groups is 1. The molecule has 0 atom stereocenters. The van der Waals surface area contributed by atoms with E-state index in [4.69, 9.17) is 0 Å². The predicted octanol–water partition coefficient (Wildman–Crippen LogP) is 3.49.